The number of anilines is 1. The Bertz CT molecular complexity index is 2000. The highest BCUT2D eigenvalue weighted by molar-refractivity contribution is 6.20. The second kappa shape index (κ2) is 10.9. The van der Waals surface area contributed by atoms with Crippen LogP contribution in [0.5, 0.6) is 0 Å². The van der Waals surface area contributed by atoms with E-state index in [9.17, 15) is 18.8 Å². The third kappa shape index (κ3) is 4.93. The minimum absolute atomic E-state index is 0.0210. The van der Waals surface area contributed by atoms with Gasteiger partial charge >= 0.3 is 0 Å². The Kier molecular flexibility index (Phi) is 6.93. The SMILES string of the molecule is Cc1c(NC(=O)C2(c3ccc(F)cc3)CC2)cccc1-c1ccc(C(N)=O)c2[nH]c3cc(C(=O)N4CCN(C)CC4)ccc3c12. The van der Waals surface area contributed by atoms with Gasteiger partial charge in [0.1, 0.15) is 5.82 Å². The van der Waals surface area contributed by atoms with Crippen molar-refractivity contribution in [2.24, 2.45) is 5.73 Å². The van der Waals surface area contributed by atoms with Crippen LogP contribution in [0.2, 0.25) is 0 Å². The number of halogens is 1. The van der Waals surface area contributed by atoms with Gasteiger partial charge in [-0.2, -0.15) is 0 Å². The molecule has 4 aromatic carbocycles. The first-order chi connectivity index (χ1) is 21.7. The summed E-state index contributed by atoms with van der Waals surface area (Å²) in [4.78, 5) is 46.9. The lowest BCUT2D eigenvalue weighted by atomic mass is 9.92. The van der Waals surface area contributed by atoms with E-state index in [4.69, 9.17) is 5.73 Å². The van der Waals surface area contributed by atoms with Gasteiger partial charge in [-0.25, -0.2) is 4.39 Å². The van der Waals surface area contributed by atoms with Crippen LogP contribution in [0, 0.1) is 12.7 Å². The zero-order valence-corrected chi connectivity index (χ0v) is 25.2. The first-order valence-corrected chi connectivity index (χ1v) is 15.2. The van der Waals surface area contributed by atoms with E-state index in [-0.39, 0.29) is 17.6 Å². The first kappa shape index (κ1) is 28.7. The molecule has 5 aromatic rings. The maximum absolute atomic E-state index is 13.6. The molecule has 0 atom stereocenters. The van der Waals surface area contributed by atoms with Gasteiger partial charge in [-0.1, -0.05) is 36.4 Å². The number of primary amides is 1. The molecule has 8 nitrogen and oxygen atoms in total. The Morgan fingerprint density at radius 1 is 0.911 bits per heavy atom. The molecular weight excluding hydrogens is 569 g/mol. The monoisotopic (exact) mass is 603 g/mol. The van der Waals surface area contributed by atoms with Crippen molar-refractivity contribution in [3.05, 3.63) is 101 Å². The number of carbonyl (C=O) groups excluding carboxylic acids is 3. The van der Waals surface area contributed by atoms with E-state index in [1.165, 1.54) is 12.1 Å². The lowest BCUT2D eigenvalue weighted by Crippen LogP contribution is -2.47. The third-order valence-corrected chi connectivity index (χ3v) is 9.51. The van der Waals surface area contributed by atoms with E-state index in [2.05, 4.69) is 22.2 Å². The summed E-state index contributed by atoms with van der Waals surface area (Å²) in [5.74, 6) is -1.03. The number of nitrogens with one attached hydrogen (secondary N) is 2. The number of fused-ring (bicyclic) bond motifs is 3. The molecule has 2 aliphatic rings. The van der Waals surface area contributed by atoms with Crippen molar-refractivity contribution in [2.45, 2.75) is 25.2 Å². The predicted molar refractivity (Wildman–Crippen MR) is 174 cm³/mol. The van der Waals surface area contributed by atoms with Gasteiger partial charge in [0.25, 0.3) is 11.8 Å². The maximum atomic E-state index is 13.6. The van der Waals surface area contributed by atoms with Crippen molar-refractivity contribution in [2.75, 3.05) is 38.5 Å². The van der Waals surface area contributed by atoms with Gasteiger partial charge in [0.2, 0.25) is 5.91 Å². The van der Waals surface area contributed by atoms with E-state index in [0.29, 0.717) is 48.3 Å². The lowest BCUT2D eigenvalue weighted by molar-refractivity contribution is -0.118. The Labute approximate surface area is 260 Å². The summed E-state index contributed by atoms with van der Waals surface area (Å²) in [5, 5.41) is 4.82. The highest BCUT2D eigenvalue weighted by Crippen LogP contribution is 2.49. The van der Waals surface area contributed by atoms with Crippen molar-refractivity contribution in [1.82, 2.24) is 14.8 Å². The number of nitrogens with zero attached hydrogens (tertiary/aromatic N) is 2. The summed E-state index contributed by atoms with van der Waals surface area (Å²) in [6.07, 6.45) is 1.40. The number of likely N-dealkylation sites (N-methyl/N-ethyl adjacent to an activating group) is 1. The minimum atomic E-state index is -0.664. The summed E-state index contributed by atoms with van der Waals surface area (Å²) >= 11 is 0. The number of nitrogens with two attached hydrogens (primary N) is 1. The molecule has 1 saturated heterocycles. The number of piperazine rings is 1. The zero-order valence-electron chi connectivity index (χ0n) is 25.2. The number of H-pyrrole nitrogens is 1. The molecule has 228 valence electrons. The summed E-state index contributed by atoms with van der Waals surface area (Å²) < 4.78 is 13.6. The van der Waals surface area contributed by atoms with E-state index in [1.807, 2.05) is 54.3 Å². The van der Waals surface area contributed by atoms with E-state index >= 15 is 0 Å². The molecule has 0 unspecified atom stereocenters. The van der Waals surface area contributed by atoms with Crippen LogP contribution in [0.1, 0.15) is 44.7 Å². The number of hydrogen-bond donors (Lipinski definition) is 3. The van der Waals surface area contributed by atoms with Crippen LogP contribution in [-0.2, 0) is 10.2 Å². The molecule has 4 N–H and O–H groups in total. The highest BCUT2D eigenvalue weighted by Gasteiger charge is 2.51. The van der Waals surface area contributed by atoms with Crippen molar-refractivity contribution in [3.8, 4) is 11.1 Å². The average molecular weight is 604 g/mol. The molecule has 2 fully saturated rings. The Morgan fingerprint density at radius 3 is 2.33 bits per heavy atom. The van der Waals surface area contributed by atoms with Gasteiger partial charge in [-0.05, 0) is 85.5 Å². The van der Waals surface area contributed by atoms with Gasteiger partial charge < -0.3 is 25.8 Å². The molecule has 3 amide bonds. The number of carbonyl (C=O) groups is 3. The zero-order chi connectivity index (χ0) is 31.5. The first-order valence-electron chi connectivity index (χ1n) is 15.2. The maximum Gasteiger partial charge on any atom is 0.254 e. The molecule has 0 radical (unpaired) electrons. The Hall–Kier alpha value is -5.02. The van der Waals surface area contributed by atoms with Crippen LogP contribution in [0.3, 0.4) is 0 Å². The molecule has 45 heavy (non-hydrogen) atoms. The normalized spacial score (nSPS) is 16.2. The number of aromatic amines is 1. The van der Waals surface area contributed by atoms with Crippen molar-refractivity contribution >= 4 is 45.2 Å². The number of amides is 3. The molecule has 0 bridgehead atoms. The number of rotatable bonds is 6. The molecule has 7 rings (SSSR count). The molecule has 0 spiro atoms. The molecular formula is C36H34FN5O3. The van der Waals surface area contributed by atoms with Crippen molar-refractivity contribution in [3.63, 3.8) is 0 Å². The average Bonchev–Trinajstić information content (AvgIpc) is 3.76. The van der Waals surface area contributed by atoms with Gasteiger partial charge in [0.15, 0.2) is 0 Å². The standard InChI is InChI=1S/C36H34FN5O3/c1-21-25(4-3-5-29(21)40-35(45)36(14-15-36)23-7-9-24(37)10-8-23)26-12-13-28(33(38)43)32-31(26)27-11-6-22(20-30(27)39-32)34(44)42-18-16-41(2)17-19-42/h3-13,20,39H,14-19H2,1-2H3,(H2,38,43)(H,40,45). The topological polar surface area (TPSA) is 112 Å². The fourth-order valence-electron chi connectivity index (χ4n) is 6.61. The molecule has 1 aliphatic carbocycles. The van der Waals surface area contributed by atoms with Crippen LogP contribution < -0.4 is 11.1 Å². The van der Waals surface area contributed by atoms with Crippen LogP contribution in [0.15, 0.2) is 72.8 Å². The summed E-state index contributed by atoms with van der Waals surface area (Å²) in [7, 11) is 2.05. The summed E-state index contributed by atoms with van der Waals surface area (Å²) in [5.41, 5.74) is 11.5. The number of hydrogen-bond acceptors (Lipinski definition) is 4. The second-order valence-corrected chi connectivity index (χ2v) is 12.3. The molecule has 1 aromatic heterocycles. The Balaban J connectivity index is 1.28. The largest absolute Gasteiger partial charge is 0.366 e. The molecule has 1 saturated carbocycles. The smallest absolute Gasteiger partial charge is 0.254 e. The van der Waals surface area contributed by atoms with E-state index in [1.54, 1.807) is 18.2 Å². The lowest BCUT2D eigenvalue weighted by Gasteiger charge is -2.32. The fraction of sp³-hybridized carbons (Fsp3) is 0.250. The van der Waals surface area contributed by atoms with Gasteiger partial charge in [0, 0.05) is 53.7 Å². The van der Waals surface area contributed by atoms with Crippen LogP contribution >= 0.6 is 0 Å². The minimum Gasteiger partial charge on any atom is -0.366 e. The molecule has 1 aliphatic heterocycles. The van der Waals surface area contributed by atoms with E-state index < -0.39 is 11.3 Å². The summed E-state index contributed by atoms with van der Waals surface area (Å²) in [6.45, 7) is 4.97. The van der Waals surface area contributed by atoms with Gasteiger partial charge in [-0.3, -0.25) is 14.4 Å². The predicted octanol–water partition coefficient (Wildman–Crippen LogP) is 5.59. The van der Waals surface area contributed by atoms with Crippen molar-refractivity contribution in [1.29, 1.82) is 0 Å². The van der Waals surface area contributed by atoms with Gasteiger partial charge in [-0.15, -0.1) is 0 Å². The third-order valence-electron chi connectivity index (χ3n) is 9.51. The quantitative estimate of drug-likeness (QED) is 0.235. The second-order valence-electron chi connectivity index (χ2n) is 12.3. The summed E-state index contributed by atoms with van der Waals surface area (Å²) in [6, 6.07) is 21.1. The van der Waals surface area contributed by atoms with Crippen LogP contribution in [-0.4, -0.2) is 65.7 Å². The Morgan fingerprint density at radius 2 is 1.64 bits per heavy atom. The highest BCUT2D eigenvalue weighted by atomic mass is 19.1. The van der Waals surface area contributed by atoms with Crippen LogP contribution in [0.25, 0.3) is 32.9 Å². The molecule has 2 heterocycles. The fourth-order valence-corrected chi connectivity index (χ4v) is 6.61. The number of aromatic nitrogens is 1. The van der Waals surface area contributed by atoms with Gasteiger partial charge in [0.05, 0.1) is 16.5 Å². The van der Waals surface area contributed by atoms with E-state index in [0.717, 1.165) is 51.6 Å². The van der Waals surface area contributed by atoms with Crippen LogP contribution in [0.4, 0.5) is 10.1 Å². The number of benzene rings is 4. The molecule has 9 heteroatoms. The van der Waals surface area contributed by atoms with Crippen molar-refractivity contribution < 1.29 is 18.8 Å².